The van der Waals surface area contributed by atoms with Gasteiger partial charge in [-0.05, 0) is 66.9 Å². The van der Waals surface area contributed by atoms with Gasteiger partial charge in [0.25, 0.3) is 0 Å². The average Bonchev–Trinajstić information content (AvgIpc) is 2.66. The first kappa shape index (κ1) is 20.7. The molecule has 1 heterocycles. The van der Waals surface area contributed by atoms with Crippen molar-refractivity contribution in [2.24, 2.45) is 0 Å². The molecular weight excluding hydrogens is 340 g/mol. The molecule has 7 heteroatoms. The predicted molar refractivity (Wildman–Crippen MR) is 102 cm³/mol. The van der Waals surface area contributed by atoms with Crippen molar-refractivity contribution in [3.05, 3.63) is 29.6 Å². The fourth-order valence-electron chi connectivity index (χ4n) is 2.42. The quantitative estimate of drug-likeness (QED) is 0.654. The van der Waals surface area contributed by atoms with E-state index < -0.39 is 40.5 Å². The Kier molecular flexibility index (Phi) is 5.68. The molecule has 1 aromatic carbocycles. The van der Waals surface area contributed by atoms with Gasteiger partial charge in [-0.1, -0.05) is 12.1 Å². The molecule has 0 amide bonds. The van der Waals surface area contributed by atoms with Gasteiger partial charge in [0, 0.05) is 16.9 Å². The van der Waals surface area contributed by atoms with Gasteiger partial charge in [-0.2, -0.15) is 0 Å². The van der Waals surface area contributed by atoms with Crippen LogP contribution in [-0.4, -0.2) is 27.6 Å². The van der Waals surface area contributed by atoms with Crippen molar-refractivity contribution in [3.8, 4) is 0 Å². The van der Waals surface area contributed by atoms with Gasteiger partial charge in [-0.15, -0.1) is 4.72 Å². The van der Waals surface area contributed by atoms with Crippen molar-refractivity contribution < 1.29 is 18.3 Å². The van der Waals surface area contributed by atoms with Crippen LogP contribution in [0.3, 0.4) is 0 Å². The molecule has 2 rings (SSSR count). The lowest BCUT2D eigenvalue weighted by atomic mass is 9.78. The average molecular weight is 369 g/mol. The van der Waals surface area contributed by atoms with E-state index >= 15 is 0 Å². The summed E-state index contributed by atoms with van der Waals surface area (Å²) in [4.78, 5) is 0. The third-order valence-electron chi connectivity index (χ3n) is 4.85. The monoisotopic (exact) mass is 369 g/mol. The van der Waals surface area contributed by atoms with E-state index in [0.717, 1.165) is 5.46 Å². The molecule has 1 fully saturated rings. The Morgan fingerprint density at radius 2 is 1.68 bits per heavy atom. The summed E-state index contributed by atoms with van der Waals surface area (Å²) >= 11 is -1.29. The van der Waals surface area contributed by atoms with Crippen molar-refractivity contribution in [1.29, 1.82) is 0 Å². The second kappa shape index (κ2) is 6.85. The van der Waals surface area contributed by atoms with Crippen LogP contribution in [0.15, 0.2) is 18.2 Å². The summed E-state index contributed by atoms with van der Waals surface area (Å²) < 4.78 is 41.3. The zero-order chi connectivity index (χ0) is 19.2. The van der Waals surface area contributed by atoms with E-state index in [2.05, 4.69) is 4.72 Å². The first-order chi connectivity index (χ1) is 11.2. The molecule has 0 spiro atoms. The van der Waals surface area contributed by atoms with Crippen LogP contribution in [0.2, 0.25) is 0 Å². The van der Waals surface area contributed by atoms with Crippen LogP contribution >= 0.6 is 0 Å². The van der Waals surface area contributed by atoms with Gasteiger partial charge in [0.05, 0.1) is 17.2 Å². The van der Waals surface area contributed by atoms with Crippen LogP contribution in [0, 0.1) is 5.82 Å². The van der Waals surface area contributed by atoms with Gasteiger partial charge in [-0.3, -0.25) is 0 Å². The maximum Gasteiger partial charge on any atom is 0.494 e. The molecule has 1 aliphatic heterocycles. The lowest BCUT2D eigenvalue weighted by molar-refractivity contribution is 0.00578. The number of nitrogens with one attached hydrogen (secondary N) is 1. The first-order valence-electron chi connectivity index (χ1n) is 8.57. The minimum atomic E-state index is -1.29. The number of benzene rings is 1. The molecule has 1 aliphatic rings. The number of rotatable bonds is 4. The van der Waals surface area contributed by atoms with Crippen molar-refractivity contribution in [1.82, 2.24) is 4.72 Å². The van der Waals surface area contributed by atoms with Gasteiger partial charge in [0.15, 0.2) is 0 Å². The van der Waals surface area contributed by atoms with Crippen molar-refractivity contribution >= 4 is 23.9 Å². The Morgan fingerprint density at radius 1 is 1.16 bits per heavy atom. The maximum absolute atomic E-state index is 14.3. The van der Waals surface area contributed by atoms with Gasteiger partial charge in [0.1, 0.15) is 10.6 Å². The fraction of sp³-hybridized carbons (Fsp3) is 0.667. The SMILES string of the molecule is C[C@H](N[S+]([O-])C(C)(C)C)c1cc(B2OC(C)(C)C(C)(C)O2)ccc1F. The highest BCUT2D eigenvalue weighted by atomic mass is 32.2. The molecule has 25 heavy (non-hydrogen) atoms. The molecule has 0 bridgehead atoms. The molecule has 140 valence electrons. The number of hydrogen-bond donors (Lipinski definition) is 1. The highest BCUT2D eigenvalue weighted by molar-refractivity contribution is 7.90. The third kappa shape index (κ3) is 4.39. The summed E-state index contributed by atoms with van der Waals surface area (Å²) in [5.74, 6) is -0.342. The summed E-state index contributed by atoms with van der Waals surface area (Å²) in [6, 6.07) is 4.42. The lowest BCUT2D eigenvalue weighted by Crippen LogP contribution is -2.41. The molecule has 2 atom stereocenters. The van der Waals surface area contributed by atoms with Crippen LogP contribution in [0.4, 0.5) is 4.39 Å². The van der Waals surface area contributed by atoms with E-state index in [1.165, 1.54) is 6.07 Å². The van der Waals surface area contributed by atoms with Gasteiger partial charge in [-0.25, -0.2) is 4.39 Å². The summed E-state index contributed by atoms with van der Waals surface area (Å²) in [6.45, 7) is 15.3. The van der Waals surface area contributed by atoms with Crippen LogP contribution in [0.25, 0.3) is 0 Å². The molecule has 1 saturated heterocycles. The largest absolute Gasteiger partial charge is 0.598 e. The second-order valence-corrected chi connectivity index (χ2v) is 10.6. The highest BCUT2D eigenvalue weighted by Crippen LogP contribution is 2.36. The molecule has 0 saturated carbocycles. The topological polar surface area (TPSA) is 53.5 Å². The molecule has 1 aromatic rings. The summed E-state index contributed by atoms with van der Waals surface area (Å²) in [6.07, 6.45) is 0. The minimum Gasteiger partial charge on any atom is -0.598 e. The molecule has 1 unspecified atom stereocenters. The molecular formula is C18H29BFNO3S. The zero-order valence-corrected chi connectivity index (χ0v) is 17.2. The van der Waals surface area contributed by atoms with Crippen molar-refractivity contribution in [2.45, 2.75) is 77.4 Å². The molecule has 4 nitrogen and oxygen atoms in total. The van der Waals surface area contributed by atoms with Crippen LogP contribution in [0.5, 0.6) is 0 Å². The normalized spacial score (nSPS) is 22.1. The minimum absolute atomic E-state index is 0.342. The van der Waals surface area contributed by atoms with Crippen molar-refractivity contribution in [2.75, 3.05) is 0 Å². The smallest absolute Gasteiger partial charge is 0.494 e. The van der Waals surface area contributed by atoms with Crippen LogP contribution in [0.1, 0.15) is 67.0 Å². The summed E-state index contributed by atoms with van der Waals surface area (Å²) in [5.41, 5.74) is 0.295. The zero-order valence-electron chi connectivity index (χ0n) is 16.4. The van der Waals surface area contributed by atoms with E-state index in [0.29, 0.717) is 5.56 Å². The first-order valence-corrected chi connectivity index (χ1v) is 9.72. The Bertz CT molecular complexity index is 617. The summed E-state index contributed by atoms with van der Waals surface area (Å²) in [7, 11) is -0.551. The standard InChI is InChI=1S/C18H29BFNO3S/c1-12(21-25(22)16(2,3)4)14-11-13(9-10-15(14)20)19-23-17(5,6)18(7,8)24-19/h9-12,21H,1-8H3/t12-,25?/m0/s1. The number of hydrogen-bond acceptors (Lipinski definition) is 4. The highest BCUT2D eigenvalue weighted by Gasteiger charge is 2.51. The lowest BCUT2D eigenvalue weighted by Gasteiger charge is -2.32. The van der Waals surface area contributed by atoms with E-state index in [1.807, 2.05) is 48.5 Å². The molecule has 0 aliphatic carbocycles. The van der Waals surface area contributed by atoms with Gasteiger partial charge < -0.3 is 13.9 Å². The Labute approximate surface area is 154 Å². The number of halogens is 1. The van der Waals surface area contributed by atoms with E-state index in [1.54, 1.807) is 19.1 Å². The van der Waals surface area contributed by atoms with Crippen molar-refractivity contribution in [3.63, 3.8) is 0 Å². The Balaban J connectivity index is 2.24. The second-order valence-electron chi connectivity index (χ2n) is 8.59. The Hall–Kier alpha value is -0.595. The molecule has 0 radical (unpaired) electrons. The fourth-order valence-corrected chi connectivity index (χ4v) is 3.22. The van der Waals surface area contributed by atoms with Gasteiger partial charge >= 0.3 is 7.12 Å². The molecule has 1 N–H and O–H groups in total. The molecule has 0 aromatic heterocycles. The maximum atomic E-state index is 14.3. The summed E-state index contributed by atoms with van der Waals surface area (Å²) in [5, 5.41) is 0. The van der Waals surface area contributed by atoms with Crippen LogP contribution in [-0.2, 0) is 20.7 Å². The van der Waals surface area contributed by atoms with Crippen LogP contribution < -0.4 is 10.2 Å². The predicted octanol–water partition coefficient (Wildman–Crippen LogP) is 3.24. The van der Waals surface area contributed by atoms with Gasteiger partial charge in [0.2, 0.25) is 0 Å². The third-order valence-corrected chi connectivity index (χ3v) is 6.53. The Morgan fingerprint density at radius 3 is 2.16 bits per heavy atom. The van der Waals surface area contributed by atoms with E-state index in [-0.39, 0.29) is 5.82 Å². The van der Waals surface area contributed by atoms with E-state index in [4.69, 9.17) is 9.31 Å². The van der Waals surface area contributed by atoms with E-state index in [9.17, 15) is 8.94 Å².